The molecule has 0 atom stereocenters. The summed E-state index contributed by atoms with van der Waals surface area (Å²) in [7, 11) is 0. The van der Waals surface area contributed by atoms with Gasteiger partial charge in [0.1, 0.15) is 5.75 Å². The Balaban J connectivity index is 1.40. The minimum atomic E-state index is 0.548. The van der Waals surface area contributed by atoms with E-state index >= 15 is 0 Å². The number of aromatic nitrogens is 2. The number of rotatable bonds is 12. The molecule has 0 radical (unpaired) electrons. The van der Waals surface area contributed by atoms with E-state index in [2.05, 4.69) is 39.4 Å². The molecule has 0 saturated carbocycles. The molecule has 3 rings (SSSR count). The van der Waals surface area contributed by atoms with E-state index in [4.69, 9.17) is 9.15 Å². The molecule has 0 aliphatic rings. The lowest BCUT2D eigenvalue weighted by Gasteiger charge is -2.04. The first kappa shape index (κ1) is 20.1. The molecule has 1 N–H and O–H groups in total. The Morgan fingerprint density at radius 3 is 2.68 bits per heavy atom. The minimum Gasteiger partial charge on any atom is -0.493 e. The normalized spacial score (nSPS) is 10.7. The van der Waals surface area contributed by atoms with E-state index in [1.54, 1.807) is 11.8 Å². The molecule has 7 heteroatoms. The maximum Gasteiger partial charge on any atom is 0.247 e. The molecule has 146 valence electrons. The molecule has 6 nitrogen and oxygen atoms in total. The first-order chi connectivity index (χ1) is 13.8. The lowest BCUT2D eigenvalue weighted by atomic mass is 10.1. The maximum absolute atomic E-state index is 5.77. The van der Waals surface area contributed by atoms with Gasteiger partial charge in [0.2, 0.25) is 11.8 Å². The van der Waals surface area contributed by atoms with Gasteiger partial charge in [0.15, 0.2) is 0 Å². The third-order valence-corrected chi connectivity index (χ3v) is 4.82. The summed E-state index contributed by atoms with van der Waals surface area (Å²) in [5, 5.41) is 11.6. The van der Waals surface area contributed by atoms with Crippen molar-refractivity contribution in [3.8, 4) is 17.2 Å². The zero-order valence-electron chi connectivity index (χ0n) is 15.7. The predicted octanol–water partition coefficient (Wildman–Crippen LogP) is 3.84. The van der Waals surface area contributed by atoms with Crippen LogP contribution in [-0.4, -0.2) is 42.4 Å². The van der Waals surface area contributed by atoms with Gasteiger partial charge in [-0.3, -0.25) is 4.99 Å². The van der Waals surface area contributed by atoms with Crippen LogP contribution in [-0.2, 0) is 12.3 Å². The van der Waals surface area contributed by atoms with E-state index in [9.17, 15) is 0 Å². The highest BCUT2D eigenvalue weighted by atomic mass is 32.2. The van der Waals surface area contributed by atoms with Crippen LogP contribution in [0.3, 0.4) is 0 Å². The smallest absolute Gasteiger partial charge is 0.247 e. The van der Waals surface area contributed by atoms with Crippen LogP contribution in [0.15, 0.2) is 64.0 Å². The molecule has 2 aromatic carbocycles. The summed E-state index contributed by atoms with van der Waals surface area (Å²) in [4.78, 5) is 3.82. The number of aliphatic imine (C=N–C) groups is 1. The number of benzene rings is 2. The molecule has 28 heavy (non-hydrogen) atoms. The summed E-state index contributed by atoms with van der Waals surface area (Å²) in [5.41, 5.74) is 2.12. The van der Waals surface area contributed by atoms with Crippen LogP contribution in [0.1, 0.15) is 11.5 Å². The van der Waals surface area contributed by atoms with Gasteiger partial charge in [-0.1, -0.05) is 30.3 Å². The highest BCUT2D eigenvalue weighted by Crippen LogP contribution is 2.20. The van der Waals surface area contributed by atoms with Crippen molar-refractivity contribution in [3.05, 3.63) is 66.1 Å². The van der Waals surface area contributed by atoms with Gasteiger partial charge in [-0.25, -0.2) is 0 Å². The molecule has 0 aliphatic carbocycles. The van der Waals surface area contributed by atoms with Crippen molar-refractivity contribution in [1.82, 2.24) is 15.5 Å². The van der Waals surface area contributed by atoms with Crippen LogP contribution in [0.5, 0.6) is 5.75 Å². The number of para-hydroxylation sites is 1. The van der Waals surface area contributed by atoms with Gasteiger partial charge < -0.3 is 14.5 Å². The molecular formula is C21H24N4O2S. The quantitative estimate of drug-likeness (QED) is 0.370. The van der Waals surface area contributed by atoms with Crippen LogP contribution >= 0.6 is 11.8 Å². The molecule has 3 aromatic rings. The highest BCUT2D eigenvalue weighted by molar-refractivity contribution is 7.98. The maximum atomic E-state index is 5.77. The van der Waals surface area contributed by atoms with E-state index in [0.717, 1.165) is 36.7 Å². The Bertz CT molecular complexity index is 837. The summed E-state index contributed by atoms with van der Waals surface area (Å²) >= 11 is 1.71. The SMILES string of the molecule is C=NCCNCc1ccc(-c2nnc(CSCCOc3ccccc3)o2)cc1. The molecule has 0 unspecified atom stereocenters. The number of hydrogen-bond donors (Lipinski definition) is 1. The fourth-order valence-electron chi connectivity index (χ4n) is 2.48. The van der Waals surface area contributed by atoms with E-state index in [-0.39, 0.29) is 0 Å². The highest BCUT2D eigenvalue weighted by Gasteiger charge is 2.08. The van der Waals surface area contributed by atoms with Crippen LogP contribution in [0, 0.1) is 0 Å². The second-order valence-electron chi connectivity index (χ2n) is 6.04. The molecule has 0 bridgehead atoms. The Labute approximate surface area is 169 Å². The lowest BCUT2D eigenvalue weighted by Crippen LogP contribution is -2.16. The van der Waals surface area contributed by atoms with E-state index in [1.165, 1.54) is 5.56 Å². The molecule has 1 aromatic heterocycles. The third kappa shape index (κ3) is 6.51. The largest absolute Gasteiger partial charge is 0.493 e. The van der Waals surface area contributed by atoms with Crippen LogP contribution in [0.25, 0.3) is 11.5 Å². The minimum absolute atomic E-state index is 0.548. The zero-order valence-corrected chi connectivity index (χ0v) is 16.5. The van der Waals surface area contributed by atoms with Crippen LogP contribution < -0.4 is 10.1 Å². The van der Waals surface area contributed by atoms with Crippen molar-refractivity contribution in [2.75, 3.05) is 25.4 Å². The lowest BCUT2D eigenvalue weighted by molar-refractivity contribution is 0.344. The molecule has 0 saturated heterocycles. The van der Waals surface area contributed by atoms with Gasteiger partial charge in [0, 0.05) is 24.4 Å². The standard InChI is InChI=1S/C21H24N4O2S/c1-22-11-12-23-15-17-7-9-18(10-8-17)21-25-24-20(27-21)16-28-14-13-26-19-5-3-2-4-6-19/h2-10,23H,1,11-16H2. The first-order valence-corrected chi connectivity index (χ1v) is 10.3. The molecule has 0 amide bonds. The van der Waals surface area contributed by atoms with Gasteiger partial charge >= 0.3 is 0 Å². The van der Waals surface area contributed by atoms with Gasteiger partial charge in [0.25, 0.3) is 0 Å². The Morgan fingerprint density at radius 1 is 1.07 bits per heavy atom. The second-order valence-corrected chi connectivity index (χ2v) is 7.14. The van der Waals surface area contributed by atoms with E-state index in [1.807, 2.05) is 42.5 Å². The van der Waals surface area contributed by atoms with Gasteiger partial charge in [0.05, 0.1) is 18.9 Å². The zero-order chi connectivity index (χ0) is 19.4. The molecule has 0 spiro atoms. The topological polar surface area (TPSA) is 72.5 Å². The Morgan fingerprint density at radius 2 is 1.89 bits per heavy atom. The summed E-state index contributed by atoms with van der Waals surface area (Å²) in [6.45, 7) is 6.46. The predicted molar refractivity (Wildman–Crippen MR) is 114 cm³/mol. The summed E-state index contributed by atoms with van der Waals surface area (Å²) in [6, 6.07) is 17.9. The average molecular weight is 397 g/mol. The number of thioether (sulfide) groups is 1. The van der Waals surface area contributed by atoms with Crippen molar-refractivity contribution in [1.29, 1.82) is 0 Å². The van der Waals surface area contributed by atoms with Crippen molar-refractivity contribution in [2.24, 2.45) is 4.99 Å². The van der Waals surface area contributed by atoms with Crippen LogP contribution in [0.2, 0.25) is 0 Å². The number of hydrogen-bond acceptors (Lipinski definition) is 7. The number of nitrogens with one attached hydrogen (secondary N) is 1. The molecular weight excluding hydrogens is 372 g/mol. The molecule has 0 fully saturated rings. The number of nitrogens with zero attached hydrogens (tertiary/aromatic N) is 3. The van der Waals surface area contributed by atoms with Crippen molar-refractivity contribution in [2.45, 2.75) is 12.3 Å². The van der Waals surface area contributed by atoms with Gasteiger partial charge in [-0.05, 0) is 36.5 Å². The molecule has 0 aliphatic heterocycles. The van der Waals surface area contributed by atoms with E-state index in [0.29, 0.717) is 24.1 Å². The summed E-state index contributed by atoms with van der Waals surface area (Å²) < 4.78 is 11.4. The monoisotopic (exact) mass is 396 g/mol. The Kier molecular flexibility index (Phi) is 8.08. The fourth-order valence-corrected chi connectivity index (χ4v) is 3.12. The van der Waals surface area contributed by atoms with Crippen molar-refractivity contribution < 1.29 is 9.15 Å². The van der Waals surface area contributed by atoms with E-state index < -0.39 is 0 Å². The first-order valence-electron chi connectivity index (χ1n) is 9.15. The third-order valence-electron chi connectivity index (χ3n) is 3.91. The second kappa shape index (κ2) is 11.3. The Hall–Kier alpha value is -2.64. The average Bonchev–Trinajstić information content (AvgIpc) is 3.21. The van der Waals surface area contributed by atoms with Gasteiger partial charge in [-0.2, -0.15) is 0 Å². The number of ether oxygens (including phenoxy) is 1. The summed E-state index contributed by atoms with van der Waals surface area (Å²) in [5.74, 6) is 3.59. The van der Waals surface area contributed by atoms with Crippen molar-refractivity contribution in [3.63, 3.8) is 0 Å². The summed E-state index contributed by atoms with van der Waals surface area (Å²) in [6.07, 6.45) is 0. The fraction of sp³-hybridized carbons (Fsp3) is 0.286. The molecule has 1 heterocycles. The van der Waals surface area contributed by atoms with Crippen molar-refractivity contribution >= 4 is 18.5 Å². The van der Waals surface area contributed by atoms with Gasteiger partial charge in [-0.15, -0.1) is 22.0 Å². The van der Waals surface area contributed by atoms with Crippen LogP contribution in [0.4, 0.5) is 0 Å².